The standard InChI is InChI=1S/C15H21ClN2O/c1-11-10-13(16)2-3-14(11)15(19)18-8-5-12(4-7-17)6-9-18/h2-3,10,12H,4-9,17H2,1H3. The van der Waals surface area contributed by atoms with Crippen LogP contribution in [-0.2, 0) is 0 Å². The molecular formula is C15H21ClN2O. The normalized spacial score (nSPS) is 16.7. The molecule has 0 spiro atoms. The Morgan fingerprint density at radius 1 is 1.42 bits per heavy atom. The first-order chi connectivity index (χ1) is 9.11. The average Bonchev–Trinajstić information content (AvgIpc) is 2.39. The molecule has 0 saturated carbocycles. The topological polar surface area (TPSA) is 46.3 Å². The highest BCUT2D eigenvalue weighted by Gasteiger charge is 2.23. The molecule has 1 fully saturated rings. The van der Waals surface area contributed by atoms with Gasteiger partial charge in [0.1, 0.15) is 0 Å². The number of nitrogens with two attached hydrogens (primary N) is 1. The number of halogens is 1. The summed E-state index contributed by atoms with van der Waals surface area (Å²) in [6.45, 7) is 4.35. The zero-order valence-electron chi connectivity index (χ0n) is 11.4. The van der Waals surface area contributed by atoms with Crippen molar-refractivity contribution >= 4 is 17.5 Å². The lowest BCUT2D eigenvalue weighted by atomic mass is 9.93. The van der Waals surface area contributed by atoms with Gasteiger partial charge in [0, 0.05) is 23.7 Å². The molecule has 104 valence electrons. The number of piperidine rings is 1. The van der Waals surface area contributed by atoms with Crippen LogP contribution in [0.15, 0.2) is 18.2 Å². The van der Waals surface area contributed by atoms with Gasteiger partial charge in [0.2, 0.25) is 0 Å². The Hall–Kier alpha value is -1.06. The third-order valence-electron chi connectivity index (χ3n) is 3.90. The highest BCUT2D eigenvalue weighted by atomic mass is 35.5. The highest BCUT2D eigenvalue weighted by Crippen LogP contribution is 2.23. The molecule has 1 aliphatic heterocycles. The summed E-state index contributed by atoms with van der Waals surface area (Å²) in [5, 5.41) is 0.677. The molecule has 0 atom stereocenters. The van der Waals surface area contributed by atoms with Crippen LogP contribution in [0.1, 0.15) is 35.2 Å². The maximum atomic E-state index is 12.5. The molecule has 1 aromatic carbocycles. The fourth-order valence-electron chi connectivity index (χ4n) is 2.70. The number of carbonyl (C=O) groups excluding carboxylic acids is 1. The Kier molecular flexibility index (Phi) is 4.83. The molecule has 19 heavy (non-hydrogen) atoms. The summed E-state index contributed by atoms with van der Waals surface area (Å²) in [5.41, 5.74) is 7.30. The molecule has 1 aromatic rings. The van der Waals surface area contributed by atoms with Gasteiger partial charge >= 0.3 is 0 Å². The average molecular weight is 281 g/mol. The third kappa shape index (κ3) is 3.48. The van der Waals surface area contributed by atoms with E-state index < -0.39 is 0 Å². The van der Waals surface area contributed by atoms with Crippen LogP contribution < -0.4 is 5.73 Å². The van der Waals surface area contributed by atoms with E-state index in [4.69, 9.17) is 17.3 Å². The van der Waals surface area contributed by atoms with Gasteiger partial charge < -0.3 is 10.6 Å². The first-order valence-corrected chi connectivity index (χ1v) is 7.25. The Bertz CT molecular complexity index is 453. The van der Waals surface area contributed by atoms with E-state index >= 15 is 0 Å². The van der Waals surface area contributed by atoms with Crippen LogP contribution in [0.4, 0.5) is 0 Å². The second-order valence-corrected chi connectivity index (χ2v) is 5.71. The van der Waals surface area contributed by atoms with Gasteiger partial charge in [0.25, 0.3) is 5.91 Å². The Morgan fingerprint density at radius 3 is 2.68 bits per heavy atom. The second kappa shape index (κ2) is 6.40. The largest absolute Gasteiger partial charge is 0.339 e. The van der Waals surface area contributed by atoms with E-state index in [-0.39, 0.29) is 5.91 Å². The molecule has 3 nitrogen and oxygen atoms in total. The number of likely N-dealkylation sites (tertiary alicyclic amines) is 1. The van der Waals surface area contributed by atoms with Crippen molar-refractivity contribution in [1.82, 2.24) is 4.90 Å². The molecule has 4 heteroatoms. The molecule has 2 N–H and O–H groups in total. The number of hydrogen-bond donors (Lipinski definition) is 1. The van der Waals surface area contributed by atoms with Gasteiger partial charge in [-0.2, -0.15) is 0 Å². The smallest absolute Gasteiger partial charge is 0.254 e. The monoisotopic (exact) mass is 280 g/mol. The van der Waals surface area contributed by atoms with E-state index in [1.165, 1.54) is 0 Å². The lowest BCUT2D eigenvalue weighted by Gasteiger charge is -2.32. The van der Waals surface area contributed by atoms with Crippen LogP contribution in [0.5, 0.6) is 0 Å². The Labute approximate surface area is 119 Å². The highest BCUT2D eigenvalue weighted by molar-refractivity contribution is 6.30. The van der Waals surface area contributed by atoms with Crippen LogP contribution in [0.3, 0.4) is 0 Å². The summed E-state index contributed by atoms with van der Waals surface area (Å²) < 4.78 is 0. The van der Waals surface area contributed by atoms with E-state index in [1.807, 2.05) is 24.0 Å². The summed E-state index contributed by atoms with van der Waals surface area (Å²) in [4.78, 5) is 14.4. The molecule has 0 radical (unpaired) electrons. The number of aryl methyl sites for hydroxylation is 1. The van der Waals surface area contributed by atoms with Gasteiger partial charge in [-0.15, -0.1) is 0 Å². The number of rotatable bonds is 3. The quantitative estimate of drug-likeness (QED) is 0.925. The number of benzene rings is 1. The van der Waals surface area contributed by atoms with Crippen LogP contribution in [-0.4, -0.2) is 30.4 Å². The molecule has 1 amide bonds. The Morgan fingerprint density at radius 2 is 2.11 bits per heavy atom. The summed E-state index contributed by atoms with van der Waals surface area (Å²) in [5.74, 6) is 0.806. The third-order valence-corrected chi connectivity index (χ3v) is 4.13. The van der Waals surface area contributed by atoms with Crippen molar-refractivity contribution in [1.29, 1.82) is 0 Å². The van der Waals surface area contributed by atoms with Gasteiger partial charge in [0.05, 0.1) is 0 Å². The zero-order valence-corrected chi connectivity index (χ0v) is 12.1. The predicted molar refractivity (Wildman–Crippen MR) is 78.5 cm³/mol. The van der Waals surface area contributed by atoms with Crippen molar-refractivity contribution in [3.8, 4) is 0 Å². The Balaban J connectivity index is 2.01. The maximum Gasteiger partial charge on any atom is 0.254 e. The van der Waals surface area contributed by atoms with Gasteiger partial charge in [-0.25, -0.2) is 0 Å². The van der Waals surface area contributed by atoms with E-state index in [0.717, 1.165) is 50.0 Å². The molecule has 1 heterocycles. The summed E-state index contributed by atoms with van der Waals surface area (Å²) in [7, 11) is 0. The summed E-state index contributed by atoms with van der Waals surface area (Å²) in [6.07, 6.45) is 3.20. The van der Waals surface area contributed by atoms with Crippen LogP contribution in [0.25, 0.3) is 0 Å². The molecule has 0 bridgehead atoms. The number of amides is 1. The van der Waals surface area contributed by atoms with Crippen LogP contribution in [0, 0.1) is 12.8 Å². The van der Waals surface area contributed by atoms with E-state index in [0.29, 0.717) is 10.9 Å². The first kappa shape index (κ1) is 14.4. The molecule has 0 aromatic heterocycles. The molecular weight excluding hydrogens is 260 g/mol. The van der Waals surface area contributed by atoms with Crippen molar-refractivity contribution in [2.75, 3.05) is 19.6 Å². The van der Waals surface area contributed by atoms with Gasteiger partial charge in [0.15, 0.2) is 0 Å². The van der Waals surface area contributed by atoms with Crippen LogP contribution in [0.2, 0.25) is 5.02 Å². The predicted octanol–water partition coefficient (Wildman–Crippen LogP) is 2.85. The lowest BCUT2D eigenvalue weighted by Crippen LogP contribution is -2.39. The van der Waals surface area contributed by atoms with Crippen molar-refractivity contribution in [3.05, 3.63) is 34.3 Å². The SMILES string of the molecule is Cc1cc(Cl)ccc1C(=O)N1CCC(CCN)CC1. The lowest BCUT2D eigenvalue weighted by molar-refractivity contribution is 0.0687. The van der Waals surface area contributed by atoms with Gasteiger partial charge in [-0.3, -0.25) is 4.79 Å². The van der Waals surface area contributed by atoms with Crippen molar-refractivity contribution in [3.63, 3.8) is 0 Å². The second-order valence-electron chi connectivity index (χ2n) is 5.27. The van der Waals surface area contributed by atoms with E-state index in [9.17, 15) is 4.79 Å². The van der Waals surface area contributed by atoms with Crippen LogP contribution >= 0.6 is 11.6 Å². The fourth-order valence-corrected chi connectivity index (χ4v) is 2.92. The number of carbonyl (C=O) groups is 1. The zero-order chi connectivity index (χ0) is 13.8. The number of hydrogen-bond acceptors (Lipinski definition) is 2. The van der Waals surface area contributed by atoms with Gasteiger partial charge in [-0.1, -0.05) is 11.6 Å². The van der Waals surface area contributed by atoms with Crippen molar-refractivity contribution in [2.24, 2.45) is 11.7 Å². The summed E-state index contributed by atoms with van der Waals surface area (Å²) >= 11 is 5.92. The van der Waals surface area contributed by atoms with E-state index in [2.05, 4.69) is 0 Å². The minimum atomic E-state index is 0.125. The summed E-state index contributed by atoms with van der Waals surface area (Å²) in [6, 6.07) is 5.45. The van der Waals surface area contributed by atoms with Crippen molar-refractivity contribution in [2.45, 2.75) is 26.2 Å². The molecule has 2 rings (SSSR count). The molecule has 0 aliphatic carbocycles. The van der Waals surface area contributed by atoms with Gasteiger partial charge in [-0.05, 0) is 62.4 Å². The number of nitrogens with zero attached hydrogens (tertiary/aromatic N) is 1. The van der Waals surface area contributed by atoms with Crippen molar-refractivity contribution < 1.29 is 4.79 Å². The minimum Gasteiger partial charge on any atom is -0.339 e. The molecule has 1 aliphatic rings. The minimum absolute atomic E-state index is 0.125. The maximum absolute atomic E-state index is 12.5. The molecule has 1 saturated heterocycles. The molecule has 0 unspecified atom stereocenters. The fraction of sp³-hybridized carbons (Fsp3) is 0.533. The van der Waals surface area contributed by atoms with E-state index in [1.54, 1.807) is 6.07 Å². The first-order valence-electron chi connectivity index (χ1n) is 6.87.